The van der Waals surface area contributed by atoms with E-state index in [9.17, 15) is 8.42 Å². The van der Waals surface area contributed by atoms with Crippen LogP contribution in [0.15, 0.2) is 23.1 Å². The summed E-state index contributed by atoms with van der Waals surface area (Å²) in [6, 6.07) is 4.68. The fourth-order valence-corrected chi connectivity index (χ4v) is 5.39. The van der Waals surface area contributed by atoms with Gasteiger partial charge in [0.25, 0.3) is 0 Å². The van der Waals surface area contributed by atoms with Crippen LogP contribution in [0.25, 0.3) is 0 Å². The Morgan fingerprint density at radius 1 is 1.43 bits per heavy atom. The number of benzene rings is 1. The first-order valence-electron chi connectivity index (χ1n) is 6.72. The first-order chi connectivity index (χ1) is 9.80. The number of nitrogens with zero attached hydrogens (tertiary/aromatic N) is 1. The molecule has 21 heavy (non-hydrogen) atoms. The fourth-order valence-electron chi connectivity index (χ4n) is 2.34. The topological polar surface area (TPSA) is 66.8 Å². The summed E-state index contributed by atoms with van der Waals surface area (Å²) in [7, 11) is -2.15. The second-order valence-corrected chi connectivity index (χ2v) is 9.30. The van der Waals surface area contributed by atoms with E-state index in [1.54, 1.807) is 23.9 Å². The van der Waals surface area contributed by atoms with Crippen molar-refractivity contribution in [2.75, 3.05) is 26.0 Å². The second-order valence-electron chi connectivity index (χ2n) is 5.59. The number of hydrogen-bond acceptors (Lipinski definition) is 5. The van der Waals surface area contributed by atoms with Gasteiger partial charge in [0.2, 0.25) is 10.0 Å². The van der Waals surface area contributed by atoms with E-state index in [0.29, 0.717) is 18.7 Å². The number of methoxy groups -OCH3 is 1. The summed E-state index contributed by atoms with van der Waals surface area (Å²) < 4.78 is 32.3. The summed E-state index contributed by atoms with van der Waals surface area (Å²) in [5, 5.41) is 9.15. The van der Waals surface area contributed by atoms with Crippen LogP contribution in [0.4, 0.5) is 0 Å². The molecule has 1 aromatic rings. The molecule has 0 unspecified atom stereocenters. The quantitative estimate of drug-likeness (QED) is 0.910. The van der Waals surface area contributed by atoms with Crippen LogP contribution in [0.5, 0.6) is 5.75 Å². The van der Waals surface area contributed by atoms with Crippen molar-refractivity contribution in [2.45, 2.75) is 30.1 Å². The summed E-state index contributed by atoms with van der Waals surface area (Å²) in [6.07, 6.45) is 0. The van der Waals surface area contributed by atoms with Crippen molar-refractivity contribution in [3.05, 3.63) is 23.8 Å². The largest absolute Gasteiger partial charge is 0.495 e. The summed E-state index contributed by atoms with van der Waals surface area (Å²) in [5.74, 6) is 1.06. The summed E-state index contributed by atoms with van der Waals surface area (Å²) in [4.78, 5) is 0.157. The molecule has 0 saturated carbocycles. The molecule has 1 aliphatic heterocycles. The normalized spacial score (nSPS) is 19.4. The van der Waals surface area contributed by atoms with Crippen LogP contribution in [0.1, 0.15) is 19.4 Å². The minimum Gasteiger partial charge on any atom is -0.495 e. The van der Waals surface area contributed by atoms with Gasteiger partial charge < -0.3 is 9.84 Å². The number of aliphatic hydroxyl groups is 1. The first-order valence-corrected chi connectivity index (χ1v) is 9.14. The van der Waals surface area contributed by atoms with E-state index in [1.807, 2.05) is 13.8 Å². The predicted molar refractivity (Wildman–Crippen MR) is 84.2 cm³/mol. The molecule has 1 fully saturated rings. The maximum absolute atomic E-state index is 12.8. The lowest BCUT2D eigenvalue weighted by molar-refractivity contribution is 0.280. The van der Waals surface area contributed by atoms with E-state index in [0.717, 1.165) is 5.75 Å². The van der Waals surface area contributed by atoms with Crippen molar-refractivity contribution in [3.8, 4) is 5.75 Å². The lowest BCUT2D eigenvalue weighted by Gasteiger charge is -2.36. The standard InChI is InChI=1S/C14H21NO4S2/c1-14(2)10-15(6-7-20-14)21(17,18)13-5-4-11(9-16)8-12(13)19-3/h4-5,8,16H,6-7,9-10H2,1-3H3. The third-order valence-corrected chi connectivity index (χ3v) is 6.60. The van der Waals surface area contributed by atoms with Gasteiger partial charge in [-0.05, 0) is 31.5 Å². The van der Waals surface area contributed by atoms with Gasteiger partial charge in [-0.2, -0.15) is 16.1 Å². The molecule has 0 atom stereocenters. The van der Waals surface area contributed by atoms with Crippen LogP contribution in [0, 0.1) is 0 Å². The van der Waals surface area contributed by atoms with Crippen LogP contribution in [0.2, 0.25) is 0 Å². The molecule has 0 spiro atoms. The van der Waals surface area contributed by atoms with Crippen molar-refractivity contribution >= 4 is 21.8 Å². The highest BCUT2D eigenvalue weighted by Gasteiger charge is 2.35. The van der Waals surface area contributed by atoms with Gasteiger partial charge in [-0.3, -0.25) is 0 Å². The zero-order valence-electron chi connectivity index (χ0n) is 12.5. The van der Waals surface area contributed by atoms with Gasteiger partial charge in [-0.25, -0.2) is 8.42 Å². The minimum absolute atomic E-state index is 0.0937. The van der Waals surface area contributed by atoms with Gasteiger partial charge in [0, 0.05) is 23.6 Å². The van der Waals surface area contributed by atoms with Crippen LogP contribution in [0.3, 0.4) is 0 Å². The van der Waals surface area contributed by atoms with Crippen molar-refractivity contribution in [1.29, 1.82) is 0 Å². The Hall–Kier alpha value is -0.760. The smallest absolute Gasteiger partial charge is 0.246 e. The number of thioether (sulfide) groups is 1. The van der Waals surface area contributed by atoms with Gasteiger partial charge >= 0.3 is 0 Å². The average molecular weight is 331 g/mol. The molecular weight excluding hydrogens is 310 g/mol. The van der Waals surface area contributed by atoms with E-state index in [4.69, 9.17) is 9.84 Å². The highest BCUT2D eigenvalue weighted by Crippen LogP contribution is 2.34. The molecule has 0 amide bonds. The number of ether oxygens (including phenoxy) is 1. The van der Waals surface area contributed by atoms with Crippen molar-refractivity contribution < 1.29 is 18.3 Å². The maximum Gasteiger partial charge on any atom is 0.246 e. The molecule has 0 aromatic heterocycles. The highest BCUT2D eigenvalue weighted by atomic mass is 32.2. The van der Waals surface area contributed by atoms with Gasteiger partial charge in [0.15, 0.2) is 0 Å². The lowest BCUT2D eigenvalue weighted by atomic mass is 10.2. The molecule has 7 heteroatoms. The zero-order chi connectivity index (χ0) is 15.7. The number of aliphatic hydroxyl groups excluding tert-OH is 1. The number of rotatable bonds is 4. The van der Waals surface area contributed by atoms with E-state index in [2.05, 4.69) is 0 Å². The monoisotopic (exact) mass is 331 g/mol. The average Bonchev–Trinajstić information content (AvgIpc) is 2.45. The van der Waals surface area contributed by atoms with Crippen LogP contribution >= 0.6 is 11.8 Å². The van der Waals surface area contributed by atoms with Gasteiger partial charge in [0.1, 0.15) is 10.6 Å². The molecule has 5 nitrogen and oxygen atoms in total. The molecule has 1 aliphatic rings. The molecule has 0 aliphatic carbocycles. The molecule has 0 bridgehead atoms. The Balaban J connectivity index is 2.39. The van der Waals surface area contributed by atoms with E-state index >= 15 is 0 Å². The lowest BCUT2D eigenvalue weighted by Crippen LogP contribution is -2.46. The van der Waals surface area contributed by atoms with Crippen LogP contribution in [-0.4, -0.2) is 48.5 Å². The van der Waals surface area contributed by atoms with Crippen molar-refractivity contribution in [3.63, 3.8) is 0 Å². The van der Waals surface area contributed by atoms with E-state index < -0.39 is 10.0 Å². The molecule has 118 valence electrons. The second kappa shape index (κ2) is 6.16. The Kier molecular flexibility index (Phi) is 4.87. The Morgan fingerprint density at radius 2 is 2.14 bits per heavy atom. The Labute approximate surface area is 130 Å². The van der Waals surface area contributed by atoms with Gasteiger partial charge in [0.05, 0.1) is 13.7 Å². The van der Waals surface area contributed by atoms with Crippen molar-refractivity contribution in [2.24, 2.45) is 0 Å². The molecule has 1 heterocycles. The van der Waals surface area contributed by atoms with Crippen LogP contribution in [-0.2, 0) is 16.6 Å². The first kappa shape index (κ1) is 16.6. The third kappa shape index (κ3) is 3.53. The Bertz CT molecular complexity index is 613. The number of hydrogen-bond donors (Lipinski definition) is 1. The molecule has 2 rings (SSSR count). The number of sulfonamides is 1. The molecular formula is C14H21NO4S2. The fraction of sp³-hybridized carbons (Fsp3) is 0.571. The summed E-state index contributed by atoms with van der Waals surface area (Å²) >= 11 is 1.78. The van der Waals surface area contributed by atoms with E-state index in [1.165, 1.54) is 17.5 Å². The van der Waals surface area contributed by atoms with Gasteiger partial charge in [-0.1, -0.05) is 6.07 Å². The summed E-state index contributed by atoms with van der Waals surface area (Å²) in [6.45, 7) is 4.92. The molecule has 1 saturated heterocycles. The predicted octanol–water partition coefficient (Wildman–Crippen LogP) is 1.70. The minimum atomic E-state index is -3.59. The molecule has 1 aromatic carbocycles. The maximum atomic E-state index is 12.8. The van der Waals surface area contributed by atoms with Crippen molar-refractivity contribution in [1.82, 2.24) is 4.31 Å². The zero-order valence-corrected chi connectivity index (χ0v) is 14.1. The summed E-state index contributed by atoms with van der Waals surface area (Å²) in [5.41, 5.74) is 0.625. The SMILES string of the molecule is COc1cc(CO)ccc1S(=O)(=O)N1CCSC(C)(C)C1. The Morgan fingerprint density at radius 3 is 2.71 bits per heavy atom. The molecule has 1 N–H and O–H groups in total. The third-order valence-electron chi connectivity index (χ3n) is 3.42. The highest BCUT2D eigenvalue weighted by molar-refractivity contribution is 8.00. The van der Waals surface area contributed by atoms with Gasteiger partial charge in [-0.15, -0.1) is 0 Å². The van der Waals surface area contributed by atoms with E-state index in [-0.39, 0.29) is 22.0 Å². The molecule has 0 radical (unpaired) electrons. The van der Waals surface area contributed by atoms with Crippen LogP contribution < -0.4 is 4.74 Å².